The molecule has 0 saturated heterocycles. The standard InChI is InChI=1S/C16H10O4/c17-14-10-9-11-5-4-8-13(15(11)20-14)16(18)19-12-6-2-1-3-7-12/h1-10H. The second-order valence-electron chi connectivity index (χ2n) is 4.18. The molecule has 0 fully saturated rings. The van der Waals surface area contributed by atoms with E-state index in [0.29, 0.717) is 11.1 Å². The fraction of sp³-hybridized carbons (Fsp3) is 0. The zero-order valence-electron chi connectivity index (χ0n) is 10.4. The lowest BCUT2D eigenvalue weighted by molar-refractivity contribution is 0.0735. The van der Waals surface area contributed by atoms with Crippen LogP contribution in [0.25, 0.3) is 11.0 Å². The minimum Gasteiger partial charge on any atom is -0.423 e. The summed E-state index contributed by atoms with van der Waals surface area (Å²) in [6.07, 6.45) is 0. The molecule has 1 heterocycles. The van der Waals surface area contributed by atoms with Gasteiger partial charge in [-0.1, -0.05) is 30.3 Å². The highest BCUT2D eigenvalue weighted by atomic mass is 16.5. The van der Waals surface area contributed by atoms with Crippen molar-refractivity contribution in [3.8, 4) is 5.75 Å². The van der Waals surface area contributed by atoms with Crippen molar-refractivity contribution in [2.45, 2.75) is 0 Å². The summed E-state index contributed by atoms with van der Waals surface area (Å²) in [5, 5.41) is 0.673. The van der Waals surface area contributed by atoms with Crippen LogP contribution in [0, 0.1) is 0 Å². The van der Waals surface area contributed by atoms with Gasteiger partial charge >= 0.3 is 11.6 Å². The van der Waals surface area contributed by atoms with Gasteiger partial charge in [-0.15, -0.1) is 0 Å². The van der Waals surface area contributed by atoms with Crippen LogP contribution < -0.4 is 10.4 Å². The monoisotopic (exact) mass is 266 g/mol. The molecule has 0 saturated carbocycles. The number of ether oxygens (including phenoxy) is 1. The molecular weight excluding hydrogens is 256 g/mol. The minimum absolute atomic E-state index is 0.226. The quantitative estimate of drug-likeness (QED) is 0.406. The largest absolute Gasteiger partial charge is 0.423 e. The van der Waals surface area contributed by atoms with E-state index >= 15 is 0 Å². The highest BCUT2D eigenvalue weighted by Gasteiger charge is 2.14. The molecule has 0 radical (unpaired) electrons. The molecular formula is C16H10O4. The van der Waals surface area contributed by atoms with Crippen molar-refractivity contribution in [1.29, 1.82) is 0 Å². The van der Waals surface area contributed by atoms with Crippen molar-refractivity contribution in [1.82, 2.24) is 0 Å². The molecule has 0 aliphatic rings. The van der Waals surface area contributed by atoms with Gasteiger partial charge in [-0.3, -0.25) is 0 Å². The van der Waals surface area contributed by atoms with Gasteiger partial charge in [-0.25, -0.2) is 9.59 Å². The van der Waals surface area contributed by atoms with E-state index in [4.69, 9.17) is 9.15 Å². The second kappa shape index (κ2) is 5.01. The van der Waals surface area contributed by atoms with Crippen LogP contribution in [0.5, 0.6) is 5.75 Å². The van der Waals surface area contributed by atoms with Gasteiger partial charge in [0, 0.05) is 11.5 Å². The molecule has 2 aromatic carbocycles. The van der Waals surface area contributed by atoms with Gasteiger partial charge in [-0.2, -0.15) is 0 Å². The maximum absolute atomic E-state index is 12.2. The van der Waals surface area contributed by atoms with Crippen LogP contribution in [-0.2, 0) is 0 Å². The lowest BCUT2D eigenvalue weighted by atomic mass is 10.1. The van der Waals surface area contributed by atoms with E-state index in [1.807, 2.05) is 6.07 Å². The molecule has 0 atom stereocenters. The first-order valence-corrected chi connectivity index (χ1v) is 6.04. The second-order valence-corrected chi connectivity index (χ2v) is 4.18. The summed E-state index contributed by atoms with van der Waals surface area (Å²) in [6, 6.07) is 16.7. The Morgan fingerprint density at radius 2 is 1.70 bits per heavy atom. The molecule has 3 aromatic rings. The molecule has 0 unspecified atom stereocenters. The first-order valence-electron chi connectivity index (χ1n) is 6.04. The van der Waals surface area contributed by atoms with Crippen molar-refractivity contribution in [2.75, 3.05) is 0 Å². The summed E-state index contributed by atoms with van der Waals surface area (Å²) in [5.74, 6) is -0.121. The van der Waals surface area contributed by atoms with Crippen LogP contribution in [0.3, 0.4) is 0 Å². The van der Waals surface area contributed by atoms with Crippen molar-refractivity contribution < 1.29 is 13.9 Å². The zero-order chi connectivity index (χ0) is 13.9. The molecule has 0 aliphatic carbocycles. The lowest BCUT2D eigenvalue weighted by Gasteiger charge is -2.05. The van der Waals surface area contributed by atoms with Gasteiger partial charge in [0.05, 0.1) is 0 Å². The Morgan fingerprint density at radius 3 is 2.50 bits per heavy atom. The molecule has 0 aliphatic heterocycles. The zero-order valence-corrected chi connectivity index (χ0v) is 10.4. The van der Waals surface area contributed by atoms with E-state index in [1.165, 1.54) is 6.07 Å². The number of carbonyl (C=O) groups excluding carboxylic acids is 1. The molecule has 0 N–H and O–H groups in total. The predicted molar refractivity (Wildman–Crippen MR) is 73.9 cm³/mol. The van der Waals surface area contributed by atoms with Crippen molar-refractivity contribution in [3.63, 3.8) is 0 Å². The number of para-hydroxylation sites is 2. The topological polar surface area (TPSA) is 56.5 Å². The van der Waals surface area contributed by atoms with Crippen LogP contribution in [0.1, 0.15) is 10.4 Å². The Hall–Kier alpha value is -2.88. The first kappa shape index (κ1) is 12.2. The SMILES string of the molecule is O=C(Oc1ccccc1)c1cccc2ccc(=O)oc12. The van der Waals surface area contributed by atoms with Crippen LogP contribution in [-0.4, -0.2) is 5.97 Å². The third-order valence-corrected chi connectivity index (χ3v) is 2.82. The molecule has 4 nitrogen and oxygen atoms in total. The highest BCUT2D eigenvalue weighted by Crippen LogP contribution is 2.19. The molecule has 1 aromatic heterocycles. The predicted octanol–water partition coefficient (Wildman–Crippen LogP) is 3.01. The summed E-state index contributed by atoms with van der Waals surface area (Å²) in [4.78, 5) is 23.5. The van der Waals surface area contributed by atoms with Crippen LogP contribution >= 0.6 is 0 Å². The van der Waals surface area contributed by atoms with E-state index in [-0.39, 0.29) is 11.1 Å². The van der Waals surface area contributed by atoms with Crippen molar-refractivity contribution in [3.05, 3.63) is 76.6 Å². The number of rotatable bonds is 2. The Kier molecular flexibility index (Phi) is 3.05. The Labute approximate surface area is 114 Å². The number of carbonyl (C=O) groups is 1. The molecule has 4 heteroatoms. The summed E-state index contributed by atoms with van der Waals surface area (Å²) < 4.78 is 10.3. The average molecular weight is 266 g/mol. The molecule has 0 spiro atoms. The molecule has 0 amide bonds. The van der Waals surface area contributed by atoms with Crippen molar-refractivity contribution >= 4 is 16.9 Å². The van der Waals surface area contributed by atoms with Crippen LogP contribution in [0.2, 0.25) is 0 Å². The Morgan fingerprint density at radius 1 is 0.900 bits per heavy atom. The third kappa shape index (κ3) is 2.31. The van der Waals surface area contributed by atoms with Gasteiger partial charge < -0.3 is 9.15 Å². The molecule has 3 rings (SSSR count). The van der Waals surface area contributed by atoms with Crippen LogP contribution in [0.4, 0.5) is 0 Å². The third-order valence-electron chi connectivity index (χ3n) is 2.82. The molecule has 20 heavy (non-hydrogen) atoms. The van der Waals surface area contributed by atoms with Gasteiger partial charge in [0.1, 0.15) is 11.3 Å². The van der Waals surface area contributed by atoms with Gasteiger partial charge in [0.25, 0.3) is 0 Å². The van der Waals surface area contributed by atoms with Crippen molar-refractivity contribution in [2.24, 2.45) is 0 Å². The summed E-state index contributed by atoms with van der Waals surface area (Å²) in [7, 11) is 0. The smallest absolute Gasteiger partial charge is 0.347 e. The number of fused-ring (bicyclic) bond motifs is 1. The number of hydrogen-bond donors (Lipinski definition) is 0. The number of benzene rings is 2. The van der Waals surface area contributed by atoms with E-state index in [9.17, 15) is 9.59 Å². The van der Waals surface area contributed by atoms with Gasteiger partial charge in [-0.05, 0) is 24.3 Å². The average Bonchev–Trinajstić information content (AvgIpc) is 2.47. The van der Waals surface area contributed by atoms with E-state index in [2.05, 4.69) is 0 Å². The highest BCUT2D eigenvalue weighted by molar-refractivity contribution is 6.02. The number of hydrogen-bond acceptors (Lipinski definition) is 4. The lowest BCUT2D eigenvalue weighted by Crippen LogP contribution is -2.10. The van der Waals surface area contributed by atoms with Crippen LogP contribution in [0.15, 0.2) is 69.9 Å². The normalized spacial score (nSPS) is 10.4. The minimum atomic E-state index is -0.559. The van der Waals surface area contributed by atoms with E-state index in [1.54, 1.807) is 48.5 Å². The molecule has 0 bridgehead atoms. The van der Waals surface area contributed by atoms with Gasteiger partial charge in [0.2, 0.25) is 0 Å². The number of esters is 1. The Bertz CT molecular complexity index is 819. The fourth-order valence-corrected chi connectivity index (χ4v) is 1.90. The fourth-order valence-electron chi connectivity index (χ4n) is 1.90. The summed E-state index contributed by atoms with van der Waals surface area (Å²) >= 11 is 0. The van der Waals surface area contributed by atoms with E-state index < -0.39 is 11.6 Å². The maximum atomic E-state index is 12.2. The maximum Gasteiger partial charge on any atom is 0.347 e. The van der Waals surface area contributed by atoms with Gasteiger partial charge in [0.15, 0.2) is 5.58 Å². The van der Waals surface area contributed by atoms with E-state index in [0.717, 1.165) is 0 Å². The molecule has 98 valence electrons. The summed E-state index contributed by atoms with van der Waals surface area (Å²) in [5.41, 5.74) is -0.0394. The summed E-state index contributed by atoms with van der Waals surface area (Å²) in [6.45, 7) is 0. The Balaban J connectivity index is 2.03. The first-order chi connectivity index (χ1) is 9.74.